The molecule has 2 N–H and O–H groups in total. The lowest BCUT2D eigenvalue weighted by atomic mass is 10.1. The van der Waals surface area contributed by atoms with Gasteiger partial charge in [0.1, 0.15) is 11.5 Å². The highest BCUT2D eigenvalue weighted by atomic mass is 79.9. The van der Waals surface area contributed by atoms with Crippen molar-refractivity contribution in [2.45, 2.75) is 6.42 Å². The average Bonchev–Trinajstić information content (AvgIpc) is 3.17. The fraction of sp³-hybridized carbons (Fsp3) is 0.273. The maximum absolute atomic E-state index is 12.4. The van der Waals surface area contributed by atoms with Gasteiger partial charge in [-0.2, -0.15) is 0 Å². The van der Waals surface area contributed by atoms with Crippen LogP contribution in [0.5, 0.6) is 11.5 Å². The number of anilines is 1. The van der Waals surface area contributed by atoms with Crippen LogP contribution in [0, 0.1) is 5.92 Å². The standard InChI is InChI=1S/C22H22BrN3O7/c1-31-16-7-8-18(32-2)17(10-16)24-19(27)12-33-22(30)14-9-20(28)26(11-14)25-21(29)13-3-5-15(23)6-4-13/h3-8,10,14H,9,11-12H2,1-2H3,(H,24,27)(H,25,29)/t14-/m1/s1. The Morgan fingerprint density at radius 2 is 1.82 bits per heavy atom. The molecule has 0 aliphatic carbocycles. The number of carbonyl (C=O) groups is 4. The second-order valence-electron chi connectivity index (χ2n) is 7.08. The van der Waals surface area contributed by atoms with Crippen LogP contribution < -0.4 is 20.2 Å². The van der Waals surface area contributed by atoms with Gasteiger partial charge in [-0.15, -0.1) is 0 Å². The summed E-state index contributed by atoms with van der Waals surface area (Å²) in [6, 6.07) is 11.5. The SMILES string of the molecule is COc1ccc(OC)c(NC(=O)COC(=O)[C@@H]2CC(=O)N(NC(=O)c3ccc(Br)cc3)C2)c1. The molecule has 0 unspecified atom stereocenters. The summed E-state index contributed by atoms with van der Waals surface area (Å²) in [5, 5.41) is 3.67. The number of hydrazine groups is 1. The van der Waals surface area contributed by atoms with Crippen molar-refractivity contribution < 1.29 is 33.4 Å². The normalized spacial score (nSPS) is 15.1. The molecule has 2 aromatic carbocycles. The number of hydrogen-bond donors (Lipinski definition) is 2. The Labute approximate surface area is 198 Å². The van der Waals surface area contributed by atoms with Gasteiger partial charge in [-0.05, 0) is 36.4 Å². The molecule has 1 saturated heterocycles. The molecule has 0 saturated carbocycles. The number of rotatable bonds is 8. The lowest BCUT2D eigenvalue weighted by Crippen LogP contribution is -2.43. The number of ether oxygens (including phenoxy) is 3. The lowest BCUT2D eigenvalue weighted by Gasteiger charge is -2.17. The molecule has 2 aromatic rings. The summed E-state index contributed by atoms with van der Waals surface area (Å²) < 4.78 is 16.2. The first kappa shape index (κ1) is 24.1. The molecule has 1 heterocycles. The molecule has 1 atom stereocenters. The molecule has 0 spiro atoms. The summed E-state index contributed by atoms with van der Waals surface area (Å²) in [6.07, 6.45) is -0.134. The summed E-state index contributed by atoms with van der Waals surface area (Å²) >= 11 is 3.28. The Hall–Kier alpha value is -3.60. The van der Waals surface area contributed by atoms with Crippen LogP contribution in [0.4, 0.5) is 5.69 Å². The Morgan fingerprint density at radius 3 is 2.48 bits per heavy atom. The number of halogens is 1. The molecule has 174 valence electrons. The van der Waals surface area contributed by atoms with Crippen LogP contribution in [0.15, 0.2) is 46.9 Å². The van der Waals surface area contributed by atoms with E-state index in [2.05, 4.69) is 26.7 Å². The van der Waals surface area contributed by atoms with Gasteiger partial charge < -0.3 is 19.5 Å². The van der Waals surface area contributed by atoms with E-state index in [1.165, 1.54) is 14.2 Å². The van der Waals surface area contributed by atoms with Gasteiger partial charge in [0.05, 0.1) is 32.4 Å². The molecule has 0 radical (unpaired) electrons. The Kier molecular flexibility index (Phi) is 7.88. The molecule has 0 bridgehead atoms. The molecule has 10 nitrogen and oxygen atoms in total. The second-order valence-corrected chi connectivity index (χ2v) is 7.99. The van der Waals surface area contributed by atoms with Crippen LogP contribution in [0.1, 0.15) is 16.8 Å². The minimum Gasteiger partial charge on any atom is -0.497 e. The van der Waals surface area contributed by atoms with Crippen molar-refractivity contribution in [1.29, 1.82) is 0 Å². The topological polar surface area (TPSA) is 123 Å². The Bertz CT molecular complexity index is 1060. The van der Waals surface area contributed by atoms with Crippen LogP contribution in [0.3, 0.4) is 0 Å². The molecule has 11 heteroatoms. The maximum atomic E-state index is 12.4. The molecule has 1 fully saturated rings. The Morgan fingerprint density at radius 1 is 1.09 bits per heavy atom. The number of hydrogen-bond acceptors (Lipinski definition) is 7. The predicted octanol–water partition coefficient (Wildman–Crippen LogP) is 2.14. The quantitative estimate of drug-likeness (QED) is 0.512. The molecule has 3 amide bonds. The number of esters is 1. The van der Waals surface area contributed by atoms with Crippen molar-refractivity contribution in [2.75, 3.05) is 32.7 Å². The number of methoxy groups -OCH3 is 2. The molecule has 33 heavy (non-hydrogen) atoms. The van der Waals surface area contributed by atoms with Crippen molar-refractivity contribution >= 4 is 45.3 Å². The van der Waals surface area contributed by atoms with E-state index >= 15 is 0 Å². The molecule has 0 aromatic heterocycles. The minimum absolute atomic E-state index is 0.0503. The van der Waals surface area contributed by atoms with E-state index in [-0.39, 0.29) is 13.0 Å². The average molecular weight is 520 g/mol. The zero-order valence-corrected chi connectivity index (χ0v) is 19.5. The van der Waals surface area contributed by atoms with Crippen LogP contribution in [-0.2, 0) is 19.1 Å². The molecule has 3 rings (SSSR count). The summed E-state index contributed by atoms with van der Waals surface area (Å²) in [5.74, 6) is -2.07. The minimum atomic E-state index is -0.804. The third-order valence-corrected chi connectivity index (χ3v) is 5.36. The van der Waals surface area contributed by atoms with Crippen LogP contribution in [0.25, 0.3) is 0 Å². The Balaban J connectivity index is 1.51. The highest BCUT2D eigenvalue weighted by Crippen LogP contribution is 2.28. The summed E-state index contributed by atoms with van der Waals surface area (Å²) in [6.45, 7) is -0.597. The smallest absolute Gasteiger partial charge is 0.311 e. The van der Waals surface area contributed by atoms with E-state index < -0.39 is 36.2 Å². The van der Waals surface area contributed by atoms with Gasteiger partial charge in [-0.25, -0.2) is 0 Å². The summed E-state index contributed by atoms with van der Waals surface area (Å²) in [5.41, 5.74) is 3.21. The van der Waals surface area contributed by atoms with Crippen molar-refractivity contribution in [3.63, 3.8) is 0 Å². The van der Waals surface area contributed by atoms with Gasteiger partial charge in [0, 0.05) is 22.5 Å². The molecule has 1 aliphatic heterocycles. The van der Waals surface area contributed by atoms with E-state index in [0.717, 1.165) is 9.48 Å². The number of nitrogens with zero attached hydrogens (tertiary/aromatic N) is 1. The first-order chi connectivity index (χ1) is 15.8. The fourth-order valence-electron chi connectivity index (χ4n) is 3.11. The molecule has 1 aliphatic rings. The van der Waals surface area contributed by atoms with Gasteiger partial charge >= 0.3 is 5.97 Å². The first-order valence-corrected chi connectivity index (χ1v) is 10.7. The zero-order valence-electron chi connectivity index (χ0n) is 17.9. The van der Waals surface area contributed by atoms with Gasteiger partial charge in [-0.1, -0.05) is 15.9 Å². The third-order valence-electron chi connectivity index (χ3n) is 4.83. The zero-order chi connectivity index (χ0) is 24.0. The number of amides is 3. The molecular formula is C22H22BrN3O7. The number of nitrogens with one attached hydrogen (secondary N) is 2. The van der Waals surface area contributed by atoms with Crippen molar-refractivity contribution in [1.82, 2.24) is 10.4 Å². The van der Waals surface area contributed by atoms with Crippen LogP contribution in [-0.4, -0.2) is 56.1 Å². The van der Waals surface area contributed by atoms with Gasteiger partial charge in [-0.3, -0.25) is 29.6 Å². The number of benzene rings is 2. The van der Waals surface area contributed by atoms with Gasteiger partial charge in [0.25, 0.3) is 11.8 Å². The van der Waals surface area contributed by atoms with E-state index in [1.807, 2.05) is 0 Å². The fourth-order valence-corrected chi connectivity index (χ4v) is 3.38. The molecular weight excluding hydrogens is 498 g/mol. The van der Waals surface area contributed by atoms with Gasteiger partial charge in [0.15, 0.2) is 6.61 Å². The van der Waals surface area contributed by atoms with E-state index in [0.29, 0.717) is 22.7 Å². The van der Waals surface area contributed by atoms with Gasteiger partial charge in [0.2, 0.25) is 5.91 Å². The van der Waals surface area contributed by atoms with Crippen molar-refractivity contribution in [3.8, 4) is 11.5 Å². The predicted molar refractivity (Wildman–Crippen MR) is 121 cm³/mol. The first-order valence-electron chi connectivity index (χ1n) is 9.86. The van der Waals surface area contributed by atoms with E-state index in [4.69, 9.17) is 14.2 Å². The van der Waals surface area contributed by atoms with E-state index in [1.54, 1.807) is 42.5 Å². The largest absolute Gasteiger partial charge is 0.497 e. The maximum Gasteiger partial charge on any atom is 0.311 e. The second kappa shape index (κ2) is 10.8. The number of carbonyl (C=O) groups excluding carboxylic acids is 4. The summed E-state index contributed by atoms with van der Waals surface area (Å²) in [7, 11) is 2.94. The van der Waals surface area contributed by atoms with E-state index in [9.17, 15) is 19.2 Å². The van der Waals surface area contributed by atoms with Crippen LogP contribution >= 0.6 is 15.9 Å². The highest BCUT2D eigenvalue weighted by molar-refractivity contribution is 9.10. The highest BCUT2D eigenvalue weighted by Gasteiger charge is 2.36. The lowest BCUT2D eigenvalue weighted by molar-refractivity contribution is -0.151. The van der Waals surface area contributed by atoms with Crippen LogP contribution in [0.2, 0.25) is 0 Å². The summed E-state index contributed by atoms with van der Waals surface area (Å²) in [4.78, 5) is 49.1. The third kappa shape index (κ3) is 6.22. The van der Waals surface area contributed by atoms with Crippen molar-refractivity contribution in [3.05, 3.63) is 52.5 Å². The monoisotopic (exact) mass is 519 g/mol. The van der Waals surface area contributed by atoms with Crippen molar-refractivity contribution in [2.24, 2.45) is 5.92 Å².